The molecule has 92 valence electrons. The fraction of sp³-hybridized carbons (Fsp3) is 0.267. The minimum atomic E-state index is -0.385. The fourth-order valence-corrected chi connectivity index (χ4v) is 2.50. The predicted molar refractivity (Wildman–Crippen MR) is 76.9 cm³/mol. The standard InChI is InChI=1S/C15H14BrNO/c1-2-12(10-17)18-15-8-7-11-5-3-4-6-13(11)14(15)9-16/h3-8,12H,2,9H2,1H3. The van der Waals surface area contributed by atoms with Crippen LogP contribution in [-0.4, -0.2) is 6.10 Å². The number of nitrogens with zero attached hydrogens (tertiary/aromatic N) is 1. The van der Waals surface area contributed by atoms with Crippen molar-refractivity contribution in [3.8, 4) is 11.8 Å². The summed E-state index contributed by atoms with van der Waals surface area (Å²) in [6.45, 7) is 1.95. The molecule has 0 saturated carbocycles. The van der Waals surface area contributed by atoms with Crippen LogP contribution in [0.25, 0.3) is 10.8 Å². The van der Waals surface area contributed by atoms with Crippen LogP contribution in [0.3, 0.4) is 0 Å². The molecule has 2 rings (SSSR count). The van der Waals surface area contributed by atoms with Gasteiger partial charge < -0.3 is 4.74 Å². The average Bonchev–Trinajstić information content (AvgIpc) is 2.44. The number of ether oxygens (including phenoxy) is 1. The molecule has 0 radical (unpaired) electrons. The van der Waals surface area contributed by atoms with E-state index >= 15 is 0 Å². The van der Waals surface area contributed by atoms with Gasteiger partial charge in [0.2, 0.25) is 0 Å². The molecule has 1 atom stereocenters. The molecule has 0 aliphatic rings. The van der Waals surface area contributed by atoms with E-state index in [2.05, 4.69) is 34.1 Å². The Morgan fingerprint density at radius 1 is 1.28 bits per heavy atom. The Morgan fingerprint density at radius 2 is 2.06 bits per heavy atom. The second-order valence-corrected chi connectivity index (χ2v) is 4.60. The summed E-state index contributed by atoms with van der Waals surface area (Å²) in [4.78, 5) is 0. The Balaban J connectivity index is 2.48. The maximum Gasteiger partial charge on any atom is 0.184 e. The molecule has 1 unspecified atom stereocenters. The molecule has 0 spiro atoms. The highest BCUT2D eigenvalue weighted by Gasteiger charge is 2.12. The topological polar surface area (TPSA) is 33.0 Å². The van der Waals surface area contributed by atoms with Gasteiger partial charge in [-0.05, 0) is 23.3 Å². The second-order valence-electron chi connectivity index (χ2n) is 4.04. The molecule has 2 nitrogen and oxygen atoms in total. The van der Waals surface area contributed by atoms with Gasteiger partial charge in [0.25, 0.3) is 0 Å². The molecule has 0 fully saturated rings. The fourth-order valence-electron chi connectivity index (χ4n) is 1.92. The Kier molecular flexibility index (Phi) is 4.22. The highest BCUT2D eigenvalue weighted by Crippen LogP contribution is 2.30. The molecule has 0 aliphatic heterocycles. The zero-order valence-electron chi connectivity index (χ0n) is 10.2. The lowest BCUT2D eigenvalue weighted by Gasteiger charge is -2.15. The van der Waals surface area contributed by atoms with Crippen molar-refractivity contribution in [2.45, 2.75) is 24.8 Å². The molecular formula is C15H14BrNO. The molecule has 0 N–H and O–H groups in total. The number of alkyl halides is 1. The van der Waals surface area contributed by atoms with Crippen LogP contribution in [0.15, 0.2) is 36.4 Å². The number of fused-ring (bicyclic) bond motifs is 1. The second kappa shape index (κ2) is 5.88. The van der Waals surface area contributed by atoms with Gasteiger partial charge >= 0.3 is 0 Å². The van der Waals surface area contributed by atoms with Crippen LogP contribution in [0, 0.1) is 11.3 Å². The Morgan fingerprint density at radius 3 is 2.72 bits per heavy atom. The number of halogens is 1. The third-order valence-electron chi connectivity index (χ3n) is 2.92. The van der Waals surface area contributed by atoms with Crippen LogP contribution in [0.1, 0.15) is 18.9 Å². The molecule has 0 aromatic heterocycles. The van der Waals surface area contributed by atoms with Crippen LogP contribution in [0.4, 0.5) is 0 Å². The highest BCUT2D eigenvalue weighted by molar-refractivity contribution is 9.08. The first-order chi connectivity index (χ1) is 8.80. The summed E-state index contributed by atoms with van der Waals surface area (Å²) >= 11 is 3.50. The van der Waals surface area contributed by atoms with E-state index in [-0.39, 0.29) is 6.10 Å². The zero-order chi connectivity index (χ0) is 13.0. The predicted octanol–water partition coefficient (Wildman–Crippen LogP) is 4.42. The van der Waals surface area contributed by atoms with Gasteiger partial charge in [0.15, 0.2) is 6.10 Å². The SMILES string of the molecule is CCC(C#N)Oc1ccc2ccccc2c1CBr. The molecule has 0 aliphatic carbocycles. The molecule has 0 amide bonds. The molecule has 18 heavy (non-hydrogen) atoms. The van der Waals surface area contributed by atoms with E-state index in [0.717, 1.165) is 11.3 Å². The number of hydrogen-bond acceptors (Lipinski definition) is 2. The summed E-state index contributed by atoms with van der Waals surface area (Å²) in [6.07, 6.45) is 0.300. The monoisotopic (exact) mass is 303 g/mol. The van der Waals surface area contributed by atoms with Gasteiger partial charge in [-0.1, -0.05) is 53.2 Å². The van der Waals surface area contributed by atoms with Crippen molar-refractivity contribution in [2.75, 3.05) is 0 Å². The minimum absolute atomic E-state index is 0.385. The van der Waals surface area contributed by atoms with E-state index in [0.29, 0.717) is 11.8 Å². The lowest BCUT2D eigenvalue weighted by molar-refractivity contribution is 0.250. The molecule has 3 heteroatoms. The van der Waals surface area contributed by atoms with Gasteiger partial charge in [-0.15, -0.1) is 0 Å². The largest absolute Gasteiger partial charge is 0.475 e. The van der Waals surface area contributed by atoms with Crippen molar-refractivity contribution in [2.24, 2.45) is 0 Å². The van der Waals surface area contributed by atoms with E-state index < -0.39 is 0 Å². The molecular weight excluding hydrogens is 290 g/mol. The number of nitriles is 1. The Hall–Kier alpha value is -1.53. The molecule has 0 heterocycles. The van der Waals surface area contributed by atoms with Crippen LogP contribution < -0.4 is 4.74 Å². The van der Waals surface area contributed by atoms with E-state index in [1.165, 1.54) is 10.8 Å². The third kappa shape index (κ3) is 2.49. The van der Waals surface area contributed by atoms with Crippen molar-refractivity contribution < 1.29 is 4.74 Å². The van der Waals surface area contributed by atoms with Crippen LogP contribution in [-0.2, 0) is 5.33 Å². The normalized spacial score (nSPS) is 12.1. The lowest BCUT2D eigenvalue weighted by Crippen LogP contribution is -2.13. The Labute approximate surface area is 115 Å². The summed E-state index contributed by atoms with van der Waals surface area (Å²) in [5, 5.41) is 12.0. The van der Waals surface area contributed by atoms with E-state index in [1.807, 2.05) is 31.2 Å². The summed E-state index contributed by atoms with van der Waals surface area (Å²) < 4.78 is 5.75. The third-order valence-corrected chi connectivity index (χ3v) is 3.48. The van der Waals surface area contributed by atoms with Gasteiger partial charge in [-0.2, -0.15) is 5.26 Å². The molecule has 0 bridgehead atoms. The van der Waals surface area contributed by atoms with Crippen molar-refractivity contribution in [3.63, 3.8) is 0 Å². The van der Waals surface area contributed by atoms with Gasteiger partial charge in [0, 0.05) is 10.9 Å². The summed E-state index contributed by atoms with van der Waals surface area (Å²) in [5.74, 6) is 0.791. The van der Waals surface area contributed by atoms with Gasteiger partial charge in [-0.3, -0.25) is 0 Å². The zero-order valence-corrected chi connectivity index (χ0v) is 11.8. The van der Waals surface area contributed by atoms with Crippen LogP contribution >= 0.6 is 15.9 Å². The molecule has 0 saturated heterocycles. The van der Waals surface area contributed by atoms with Crippen molar-refractivity contribution in [1.82, 2.24) is 0 Å². The summed E-state index contributed by atoms with van der Waals surface area (Å²) in [5.41, 5.74) is 1.10. The maximum absolute atomic E-state index is 8.98. The quantitative estimate of drug-likeness (QED) is 0.784. The van der Waals surface area contributed by atoms with Gasteiger partial charge in [0.05, 0.1) is 0 Å². The molecule has 2 aromatic rings. The van der Waals surface area contributed by atoms with Crippen LogP contribution in [0.5, 0.6) is 5.75 Å². The van der Waals surface area contributed by atoms with Crippen molar-refractivity contribution >= 4 is 26.7 Å². The first kappa shape index (κ1) is 12.9. The number of benzene rings is 2. The lowest BCUT2D eigenvalue weighted by atomic mass is 10.0. The van der Waals surface area contributed by atoms with E-state index in [9.17, 15) is 0 Å². The maximum atomic E-state index is 8.98. The molecule has 2 aromatic carbocycles. The summed E-state index contributed by atoms with van der Waals surface area (Å²) in [6, 6.07) is 14.3. The summed E-state index contributed by atoms with van der Waals surface area (Å²) in [7, 11) is 0. The minimum Gasteiger partial charge on any atom is -0.475 e. The van der Waals surface area contributed by atoms with Gasteiger partial charge in [-0.25, -0.2) is 0 Å². The smallest absolute Gasteiger partial charge is 0.184 e. The van der Waals surface area contributed by atoms with Crippen molar-refractivity contribution in [1.29, 1.82) is 5.26 Å². The number of hydrogen-bond donors (Lipinski definition) is 0. The van der Waals surface area contributed by atoms with Crippen LogP contribution in [0.2, 0.25) is 0 Å². The number of rotatable bonds is 4. The Bertz CT molecular complexity index is 589. The average molecular weight is 304 g/mol. The highest BCUT2D eigenvalue weighted by atomic mass is 79.9. The van der Waals surface area contributed by atoms with E-state index in [4.69, 9.17) is 10.00 Å². The first-order valence-corrected chi connectivity index (χ1v) is 7.05. The first-order valence-electron chi connectivity index (χ1n) is 5.93. The van der Waals surface area contributed by atoms with Crippen molar-refractivity contribution in [3.05, 3.63) is 42.0 Å². The van der Waals surface area contributed by atoms with Gasteiger partial charge in [0.1, 0.15) is 11.8 Å². The van der Waals surface area contributed by atoms with E-state index in [1.54, 1.807) is 0 Å².